The van der Waals surface area contributed by atoms with Gasteiger partial charge in [0.1, 0.15) is 0 Å². The number of fused-ring (bicyclic) bond motifs is 1. The summed E-state index contributed by atoms with van der Waals surface area (Å²) in [6.45, 7) is 2.77. The van der Waals surface area contributed by atoms with Gasteiger partial charge in [-0.15, -0.1) is 0 Å². The fraction of sp³-hybridized carbons (Fsp3) is 0.385. The van der Waals surface area contributed by atoms with Gasteiger partial charge in [-0.25, -0.2) is 0 Å². The van der Waals surface area contributed by atoms with Gasteiger partial charge in [0, 0.05) is 20.1 Å². The Balaban J connectivity index is 2.81. The zero-order valence-electron chi connectivity index (χ0n) is 12.3. The molecule has 0 aromatic heterocycles. The van der Waals surface area contributed by atoms with Crippen LogP contribution in [0.15, 0.2) is 28.0 Å². The lowest BCUT2D eigenvalue weighted by atomic mass is 10.1. The van der Waals surface area contributed by atoms with E-state index in [1.54, 1.807) is 0 Å². The Hall–Kier alpha value is -1.20. The molecule has 2 rings (SSSR count). The van der Waals surface area contributed by atoms with Crippen LogP contribution in [0, 0.1) is 6.92 Å². The van der Waals surface area contributed by atoms with Crippen LogP contribution in [-0.4, -0.2) is 19.4 Å². The van der Waals surface area contributed by atoms with Crippen molar-refractivity contribution in [3.8, 4) is 0 Å². The number of hydrogen-bond acceptors (Lipinski definition) is 3. The molecular formula is C13H12F6O3S2. The fourth-order valence-corrected chi connectivity index (χ4v) is 7.00. The van der Waals surface area contributed by atoms with Gasteiger partial charge in [0.05, 0.1) is 0 Å². The Morgan fingerprint density at radius 1 is 1.12 bits per heavy atom. The molecule has 0 radical (unpaired) electrons. The first-order valence-electron chi connectivity index (χ1n) is 6.50. The van der Waals surface area contributed by atoms with E-state index in [1.807, 2.05) is 0 Å². The largest absolute Gasteiger partial charge is 0.523 e. The van der Waals surface area contributed by atoms with Crippen molar-refractivity contribution in [3.63, 3.8) is 0 Å². The third kappa shape index (κ3) is 2.72. The van der Waals surface area contributed by atoms with Gasteiger partial charge in [-0.3, -0.25) is 0 Å². The number of alkyl halides is 6. The lowest BCUT2D eigenvalue weighted by molar-refractivity contribution is -0.0546. The molecule has 1 aliphatic heterocycles. The summed E-state index contributed by atoms with van der Waals surface area (Å²) in [4.78, 5) is -1.10. The van der Waals surface area contributed by atoms with Gasteiger partial charge in [-0.1, -0.05) is 19.1 Å². The molecule has 3 nitrogen and oxygen atoms in total. The van der Waals surface area contributed by atoms with E-state index in [2.05, 4.69) is 3.63 Å². The van der Waals surface area contributed by atoms with Crippen LogP contribution in [0.5, 0.6) is 0 Å². The van der Waals surface area contributed by atoms with E-state index in [0.29, 0.717) is 5.56 Å². The third-order valence-electron chi connectivity index (χ3n) is 3.42. The van der Waals surface area contributed by atoms with Crippen molar-refractivity contribution in [2.75, 3.05) is 0 Å². The van der Waals surface area contributed by atoms with Crippen LogP contribution in [-0.2, 0) is 13.7 Å². The Bertz CT molecular complexity index is 795. The minimum absolute atomic E-state index is 0.0408. The van der Waals surface area contributed by atoms with Crippen molar-refractivity contribution in [1.82, 2.24) is 0 Å². The number of halogens is 6. The Morgan fingerprint density at radius 3 is 2.17 bits per heavy atom. The molecule has 1 atom stereocenters. The van der Waals surface area contributed by atoms with Crippen LogP contribution in [0.1, 0.15) is 24.5 Å². The highest BCUT2D eigenvalue weighted by Gasteiger charge is 2.63. The summed E-state index contributed by atoms with van der Waals surface area (Å²) in [5.41, 5.74) is -10.9. The molecule has 24 heavy (non-hydrogen) atoms. The SMILES string of the molecule is CCC1=Cc2c(C)cccc2S1(OS(=O)(=O)C(F)(F)F)C(F)(F)F. The predicted octanol–water partition coefficient (Wildman–Crippen LogP) is 5.22. The predicted molar refractivity (Wildman–Crippen MR) is 77.4 cm³/mol. The summed E-state index contributed by atoms with van der Waals surface area (Å²) in [5.74, 6) is 0. The van der Waals surface area contributed by atoms with E-state index in [-0.39, 0.29) is 12.0 Å². The van der Waals surface area contributed by atoms with Crippen molar-refractivity contribution < 1.29 is 38.4 Å². The minimum Gasteiger partial charge on any atom is -0.196 e. The van der Waals surface area contributed by atoms with Crippen LogP contribution in [0.2, 0.25) is 0 Å². The standard InChI is InChI=1S/C13H12F6O3S2/c1-3-9-7-10-8(2)5-4-6-11(10)23(9,12(14,15)16)22-24(20,21)13(17,18)19/h4-7H,3H2,1-2H3. The first-order valence-corrected chi connectivity index (χ1v) is 9.47. The van der Waals surface area contributed by atoms with Crippen molar-refractivity contribution in [2.45, 2.75) is 36.2 Å². The normalized spacial score (nSPS) is 24.2. The second-order valence-electron chi connectivity index (χ2n) is 4.92. The third-order valence-corrected chi connectivity index (χ3v) is 8.29. The fourth-order valence-electron chi connectivity index (χ4n) is 2.35. The molecule has 0 spiro atoms. The molecule has 0 fully saturated rings. The average Bonchev–Trinajstić information content (AvgIpc) is 2.73. The van der Waals surface area contributed by atoms with E-state index >= 15 is 0 Å². The summed E-state index contributed by atoms with van der Waals surface area (Å²) in [6, 6.07) is 3.65. The topological polar surface area (TPSA) is 43.4 Å². The van der Waals surface area contributed by atoms with Crippen molar-refractivity contribution in [1.29, 1.82) is 0 Å². The summed E-state index contributed by atoms with van der Waals surface area (Å²) >= 11 is 0. The highest BCUT2D eigenvalue weighted by molar-refractivity contribution is 8.37. The molecule has 1 aliphatic rings. The lowest BCUT2D eigenvalue weighted by Gasteiger charge is -2.39. The zero-order chi connectivity index (χ0) is 18.6. The maximum absolute atomic E-state index is 13.8. The van der Waals surface area contributed by atoms with Crippen LogP contribution in [0.4, 0.5) is 26.3 Å². The summed E-state index contributed by atoms with van der Waals surface area (Å²) in [5, 5.41) is 0. The average molecular weight is 394 g/mol. The van der Waals surface area contributed by atoms with E-state index < -0.39 is 41.2 Å². The highest BCUT2D eigenvalue weighted by atomic mass is 32.3. The van der Waals surface area contributed by atoms with E-state index in [4.69, 9.17) is 0 Å². The van der Waals surface area contributed by atoms with Crippen LogP contribution < -0.4 is 0 Å². The number of allylic oxidation sites excluding steroid dienone is 1. The molecular weight excluding hydrogens is 382 g/mol. The van der Waals surface area contributed by atoms with E-state index in [1.165, 1.54) is 26.0 Å². The molecule has 0 saturated carbocycles. The summed E-state index contributed by atoms with van der Waals surface area (Å²) in [7, 11) is -11.3. The van der Waals surface area contributed by atoms with Crippen LogP contribution >= 0.6 is 10.3 Å². The number of benzene rings is 1. The monoisotopic (exact) mass is 394 g/mol. The molecule has 1 unspecified atom stereocenters. The molecule has 0 amide bonds. The summed E-state index contributed by atoms with van der Waals surface area (Å²) < 4.78 is 106. The Kier molecular flexibility index (Phi) is 4.52. The van der Waals surface area contributed by atoms with E-state index in [0.717, 1.165) is 12.1 Å². The van der Waals surface area contributed by atoms with E-state index in [9.17, 15) is 34.8 Å². The van der Waals surface area contributed by atoms with Gasteiger partial charge in [0.2, 0.25) is 0 Å². The van der Waals surface area contributed by atoms with Gasteiger partial charge in [-0.2, -0.15) is 38.4 Å². The Morgan fingerprint density at radius 2 is 1.71 bits per heavy atom. The van der Waals surface area contributed by atoms with Crippen LogP contribution in [0.3, 0.4) is 0 Å². The van der Waals surface area contributed by atoms with Crippen molar-refractivity contribution >= 4 is 26.5 Å². The first kappa shape index (κ1) is 19.1. The summed E-state index contributed by atoms with van der Waals surface area (Å²) in [6.07, 6.45) is 0.760. The molecule has 0 aliphatic carbocycles. The first-order chi connectivity index (χ1) is 10.8. The lowest BCUT2D eigenvalue weighted by Crippen LogP contribution is -2.32. The number of aryl methyl sites for hydroxylation is 1. The Labute approximate surface area is 135 Å². The maximum Gasteiger partial charge on any atom is 0.523 e. The second kappa shape index (κ2) is 5.67. The maximum atomic E-state index is 13.8. The van der Waals surface area contributed by atoms with Gasteiger partial charge in [0.15, 0.2) is 0 Å². The zero-order valence-corrected chi connectivity index (χ0v) is 14.0. The molecule has 0 N–H and O–H groups in total. The smallest absolute Gasteiger partial charge is 0.196 e. The number of rotatable bonds is 3. The number of hydrogen-bond donors (Lipinski definition) is 0. The van der Waals surface area contributed by atoms with Gasteiger partial charge in [0.25, 0.3) is 0 Å². The minimum atomic E-state index is -6.45. The second-order valence-corrected chi connectivity index (χ2v) is 9.38. The van der Waals surface area contributed by atoms with Crippen molar-refractivity contribution in [3.05, 3.63) is 34.2 Å². The van der Waals surface area contributed by atoms with Gasteiger partial charge in [-0.05, 0) is 36.6 Å². The molecule has 136 valence electrons. The highest BCUT2D eigenvalue weighted by Crippen LogP contribution is 2.78. The molecule has 1 aromatic rings. The van der Waals surface area contributed by atoms with Gasteiger partial charge < -0.3 is 0 Å². The van der Waals surface area contributed by atoms with Gasteiger partial charge >= 0.3 is 21.1 Å². The van der Waals surface area contributed by atoms with Crippen molar-refractivity contribution in [2.24, 2.45) is 0 Å². The molecule has 0 saturated heterocycles. The van der Waals surface area contributed by atoms with Crippen LogP contribution in [0.25, 0.3) is 6.08 Å². The molecule has 1 heterocycles. The molecule has 1 aromatic carbocycles. The molecule has 11 heteroatoms. The quantitative estimate of drug-likeness (QED) is 0.521. The molecule has 0 bridgehead atoms.